The molecule has 120 valence electrons. The summed E-state index contributed by atoms with van der Waals surface area (Å²) in [5, 5.41) is 0. The second-order valence-corrected chi connectivity index (χ2v) is 6.93. The Morgan fingerprint density at radius 1 is 0.955 bits per heavy atom. The van der Waals surface area contributed by atoms with E-state index in [2.05, 4.69) is 24.8 Å². The van der Waals surface area contributed by atoms with Crippen molar-refractivity contribution >= 4 is 5.78 Å². The van der Waals surface area contributed by atoms with Gasteiger partial charge in [0.25, 0.3) is 0 Å². The first-order valence-electron chi connectivity index (χ1n) is 9.16. The van der Waals surface area contributed by atoms with Crippen LogP contribution in [0.3, 0.4) is 0 Å². The number of fused-ring (bicyclic) bond motifs is 2. The van der Waals surface area contributed by atoms with Crippen molar-refractivity contribution in [3.05, 3.63) is 33.9 Å². The van der Waals surface area contributed by atoms with Gasteiger partial charge in [-0.05, 0) is 86.7 Å². The average Bonchev–Trinajstić information content (AvgIpc) is 3.12. The average molecular weight is 299 g/mol. The van der Waals surface area contributed by atoms with Crippen LogP contribution in [-0.2, 0) is 25.7 Å². The molecule has 1 aromatic carbocycles. The van der Waals surface area contributed by atoms with Gasteiger partial charge in [-0.3, -0.25) is 9.69 Å². The topological polar surface area (TPSA) is 20.3 Å². The van der Waals surface area contributed by atoms with Gasteiger partial charge in [-0.1, -0.05) is 19.9 Å². The Kier molecular flexibility index (Phi) is 4.97. The first-order valence-corrected chi connectivity index (χ1v) is 9.16. The first kappa shape index (κ1) is 15.7. The molecule has 2 aliphatic carbocycles. The number of ketones is 1. The molecule has 2 heteroatoms. The highest BCUT2D eigenvalue weighted by molar-refractivity contribution is 6.01. The molecular formula is C20H29NO. The maximum absolute atomic E-state index is 13.1. The van der Waals surface area contributed by atoms with Crippen molar-refractivity contribution in [1.82, 2.24) is 4.90 Å². The van der Waals surface area contributed by atoms with Gasteiger partial charge < -0.3 is 0 Å². The van der Waals surface area contributed by atoms with Gasteiger partial charge in [0.2, 0.25) is 0 Å². The predicted octanol–water partition coefficient (Wildman–Crippen LogP) is 3.97. The normalized spacial score (nSPS) is 16.1. The van der Waals surface area contributed by atoms with Crippen molar-refractivity contribution < 1.29 is 4.79 Å². The summed E-state index contributed by atoms with van der Waals surface area (Å²) in [7, 11) is 0. The number of nitrogens with zero attached hydrogens (tertiary/aromatic N) is 1. The summed E-state index contributed by atoms with van der Waals surface area (Å²) in [4.78, 5) is 15.4. The third-order valence-electron chi connectivity index (χ3n) is 5.20. The van der Waals surface area contributed by atoms with E-state index < -0.39 is 0 Å². The molecule has 2 nitrogen and oxygen atoms in total. The summed E-state index contributed by atoms with van der Waals surface area (Å²) < 4.78 is 0. The third-order valence-corrected chi connectivity index (χ3v) is 5.20. The van der Waals surface area contributed by atoms with Crippen LogP contribution in [0.4, 0.5) is 0 Å². The van der Waals surface area contributed by atoms with Gasteiger partial charge >= 0.3 is 0 Å². The molecule has 0 atom stereocenters. The number of hydrogen-bond acceptors (Lipinski definition) is 2. The summed E-state index contributed by atoms with van der Waals surface area (Å²) in [6.07, 6.45) is 9.29. The molecular weight excluding hydrogens is 270 g/mol. The largest absolute Gasteiger partial charge is 0.296 e. The van der Waals surface area contributed by atoms with E-state index >= 15 is 0 Å². The Hall–Kier alpha value is -1.15. The van der Waals surface area contributed by atoms with Gasteiger partial charge in [0.15, 0.2) is 5.78 Å². The smallest absolute Gasteiger partial charge is 0.177 e. The number of hydrogen-bond donors (Lipinski definition) is 0. The van der Waals surface area contributed by atoms with Crippen LogP contribution < -0.4 is 0 Å². The second kappa shape index (κ2) is 6.95. The molecule has 0 saturated carbocycles. The minimum Gasteiger partial charge on any atom is -0.296 e. The van der Waals surface area contributed by atoms with Crippen molar-refractivity contribution in [2.75, 3.05) is 19.6 Å². The summed E-state index contributed by atoms with van der Waals surface area (Å²) in [5.74, 6) is 0.388. The maximum atomic E-state index is 13.1. The van der Waals surface area contributed by atoms with Crippen molar-refractivity contribution in [2.24, 2.45) is 0 Å². The number of Topliss-reactive ketones (excluding diaryl/α,β-unsaturated/α-hetero) is 1. The molecule has 0 spiro atoms. The van der Waals surface area contributed by atoms with E-state index in [1.54, 1.807) is 0 Å². The Morgan fingerprint density at radius 3 is 2.00 bits per heavy atom. The lowest BCUT2D eigenvalue weighted by atomic mass is 9.91. The van der Waals surface area contributed by atoms with Gasteiger partial charge in [-0.25, -0.2) is 0 Å². The quantitative estimate of drug-likeness (QED) is 0.710. The van der Waals surface area contributed by atoms with Crippen LogP contribution in [0.15, 0.2) is 6.07 Å². The summed E-state index contributed by atoms with van der Waals surface area (Å²) >= 11 is 0. The minimum absolute atomic E-state index is 0.388. The van der Waals surface area contributed by atoms with Crippen LogP contribution in [0.5, 0.6) is 0 Å². The number of aryl methyl sites for hydroxylation is 2. The number of rotatable bonds is 7. The van der Waals surface area contributed by atoms with Crippen LogP contribution in [-0.4, -0.2) is 30.3 Å². The Bertz CT molecular complexity index is 523. The Balaban J connectivity index is 1.89. The summed E-state index contributed by atoms with van der Waals surface area (Å²) in [5.41, 5.74) is 6.89. The highest BCUT2D eigenvalue weighted by Crippen LogP contribution is 2.35. The lowest BCUT2D eigenvalue weighted by Crippen LogP contribution is -2.32. The number of benzene rings is 1. The monoisotopic (exact) mass is 299 g/mol. The predicted molar refractivity (Wildman–Crippen MR) is 91.8 cm³/mol. The molecule has 0 fully saturated rings. The van der Waals surface area contributed by atoms with E-state index in [1.807, 2.05) is 0 Å². The van der Waals surface area contributed by atoms with Gasteiger partial charge in [-0.15, -0.1) is 0 Å². The van der Waals surface area contributed by atoms with Gasteiger partial charge in [0.1, 0.15) is 0 Å². The molecule has 0 heterocycles. The van der Waals surface area contributed by atoms with E-state index in [1.165, 1.54) is 47.9 Å². The fourth-order valence-corrected chi connectivity index (χ4v) is 4.34. The fraction of sp³-hybridized carbons (Fsp3) is 0.650. The second-order valence-electron chi connectivity index (χ2n) is 6.93. The zero-order valence-electron chi connectivity index (χ0n) is 14.2. The van der Waals surface area contributed by atoms with Crippen LogP contribution in [0.1, 0.15) is 72.1 Å². The van der Waals surface area contributed by atoms with Gasteiger partial charge in [0, 0.05) is 5.56 Å². The lowest BCUT2D eigenvalue weighted by molar-refractivity contribution is 0.0929. The van der Waals surface area contributed by atoms with E-state index in [0.717, 1.165) is 44.3 Å². The molecule has 0 unspecified atom stereocenters. The van der Waals surface area contributed by atoms with Crippen LogP contribution >= 0.6 is 0 Å². The lowest BCUT2D eigenvalue weighted by Gasteiger charge is -2.22. The fourth-order valence-electron chi connectivity index (χ4n) is 4.34. The first-order chi connectivity index (χ1) is 10.7. The van der Waals surface area contributed by atoms with Crippen molar-refractivity contribution in [2.45, 2.75) is 65.2 Å². The van der Waals surface area contributed by atoms with Crippen LogP contribution in [0.25, 0.3) is 0 Å². The highest BCUT2D eigenvalue weighted by Gasteiger charge is 2.27. The zero-order valence-corrected chi connectivity index (χ0v) is 14.2. The number of carbonyl (C=O) groups is 1. The van der Waals surface area contributed by atoms with E-state index in [0.29, 0.717) is 12.3 Å². The molecule has 22 heavy (non-hydrogen) atoms. The molecule has 1 aromatic rings. The van der Waals surface area contributed by atoms with E-state index in [4.69, 9.17) is 0 Å². The zero-order chi connectivity index (χ0) is 15.5. The minimum atomic E-state index is 0.388. The number of carbonyl (C=O) groups excluding carboxylic acids is 1. The molecule has 0 N–H and O–H groups in total. The van der Waals surface area contributed by atoms with Crippen molar-refractivity contribution in [1.29, 1.82) is 0 Å². The molecule has 0 radical (unpaired) electrons. The molecule has 0 saturated heterocycles. The van der Waals surface area contributed by atoms with Gasteiger partial charge in [0.05, 0.1) is 6.54 Å². The third kappa shape index (κ3) is 2.99. The SMILES string of the molecule is CCCN(CCC)CC(=O)c1c2c(cc3c1CCC3)CCC2. The maximum Gasteiger partial charge on any atom is 0.177 e. The van der Waals surface area contributed by atoms with Gasteiger partial charge in [-0.2, -0.15) is 0 Å². The van der Waals surface area contributed by atoms with E-state index in [9.17, 15) is 4.79 Å². The summed E-state index contributed by atoms with van der Waals surface area (Å²) in [6.45, 7) is 7.09. The highest BCUT2D eigenvalue weighted by atomic mass is 16.1. The van der Waals surface area contributed by atoms with Crippen molar-refractivity contribution in [3.63, 3.8) is 0 Å². The molecule has 2 aliphatic rings. The molecule has 0 aromatic heterocycles. The Labute approximate surface area is 134 Å². The van der Waals surface area contributed by atoms with Crippen molar-refractivity contribution in [3.8, 4) is 0 Å². The Morgan fingerprint density at radius 2 is 1.50 bits per heavy atom. The molecule has 3 rings (SSSR count). The van der Waals surface area contributed by atoms with Crippen LogP contribution in [0, 0.1) is 0 Å². The van der Waals surface area contributed by atoms with E-state index in [-0.39, 0.29) is 0 Å². The standard InChI is InChI=1S/C20H29NO/c1-3-11-21(12-4-2)14-19(22)20-17-9-5-7-15(17)13-16-8-6-10-18(16)20/h13H,3-12,14H2,1-2H3. The summed E-state index contributed by atoms with van der Waals surface area (Å²) in [6, 6.07) is 2.41. The molecule has 0 amide bonds. The molecule has 0 bridgehead atoms. The van der Waals surface area contributed by atoms with Crippen LogP contribution in [0.2, 0.25) is 0 Å². The molecule has 0 aliphatic heterocycles.